The highest BCUT2D eigenvalue weighted by atomic mass is 32.5. The van der Waals surface area contributed by atoms with Crippen molar-refractivity contribution in [3.8, 4) is 0 Å². The molecule has 0 bridgehead atoms. The minimum atomic E-state index is -3.92. The van der Waals surface area contributed by atoms with E-state index in [0.29, 0.717) is 0 Å². The van der Waals surface area contributed by atoms with Gasteiger partial charge in [0.15, 0.2) is 0 Å². The summed E-state index contributed by atoms with van der Waals surface area (Å²) in [7, 11) is 0. The molecule has 0 unspecified atom stereocenters. The van der Waals surface area contributed by atoms with E-state index in [1.165, 1.54) is 6.08 Å². The Kier molecular flexibility index (Phi) is 3.44. The predicted molar refractivity (Wildman–Crippen MR) is 30.4 cm³/mol. The van der Waals surface area contributed by atoms with Crippen LogP contribution in [0.15, 0.2) is 12.7 Å². The van der Waals surface area contributed by atoms with Crippen LogP contribution >= 0.6 is 6.72 Å². The van der Waals surface area contributed by atoms with Gasteiger partial charge in [0.1, 0.15) is 0 Å². The van der Waals surface area contributed by atoms with Gasteiger partial charge in [0.05, 0.1) is 6.61 Å². The fraction of sp³-hybridized carbons (Fsp3) is 0.333. The Labute approximate surface area is 52.9 Å². The molecule has 0 fully saturated rings. The molecular weight excluding hydrogens is 147 g/mol. The second-order valence-corrected chi connectivity index (χ2v) is 3.53. The Morgan fingerprint density at radius 2 is 2.25 bits per heavy atom. The lowest BCUT2D eigenvalue weighted by Gasteiger charge is -2.33. The van der Waals surface area contributed by atoms with E-state index in [1.54, 1.807) is 0 Å². The van der Waals surface area contributed by atoms with Crippen LogP contribution in [-0.4, -0.2) is 6.61 Å². The van der Waals surface area contributed by atoms with E-state index in [4.69, 9.17) is 0 Å². The third-order valence-electron chi connectivity index (χ3n) is 0.351. The lowest BCUT2D eigenvalue weighted by molar-refractivity contribution is -0.320. The zero-order chi connectivity index (χ0) is 6.62. The first-order valence-electron chi connectivity index (χ1n) is 1.84. The largest absolute Gasteiger partial charge is 0.812 e. The highest BCUT2D eigenvalue weighted by Gasteiger charge is 1.78. The molecule has 0 spiro atoms. The number of hydrogen-bond donors (Lipinski definition) is 0. The molecular formula is C3H5O3PS-2. The Hall–Kier alpha value is 0.270. The van der Waals surface area contributed by atoms with Crippen LogP contribution in [0.4, 0.5) is 0 Å². The first-order valence-corrected chi connectivity index (χ1v) is 4.39. The first kappa shape index (κ1) is 8.27. The van der Waals surface area contributed by atoms with Crippen molar-refractivity contribution in [2.45, 2.75) is 0 Å². The average molecular weight is 152 g/mol. The lowest BCUT2D eigenvalue weighted by atomic mass is 10.7. The quantitative estimate of drug-likeness (QED) is 0.390. The van der Waals surface area contributed by atoms with Crippen LogP contribution in [0.25, 0.3) is 0 Å². The third kappa shape index (κ3) is 6.27. The molecule has 0 saturated heterocycles. The van der Waals surface area contributed by atoms with E-state index >= 15 is 0 Å². The summed E-state index contributed by atoms with van der Waals surface area (Å²) in [5.41, 5.74) is 0. The minimum absolute atomic E-state index is 0.0374. The fourth-order valence-electron chi connectivity index (χ4n) is 0.144. The van der Waals surface area contributed by atoms with Crippen LogP contribution < -0.4 is 9.79 Å². The fourth-order valence-corrected chi connectivity index (χ4v) is 0.615. The predicted octanol–water partition coefficient (Wildman–Crippen LogP) is -0.866. The summed E-state index contributed by atoms with van der Waals surface area (Å²) in [5.74, 6) is 0. The molecule has 0 amide bonds. The van der Waals surface area contributed by atoms with Crippen LogP contribution in [-0.2, 0) is 16.3 Å². The molecule has 8 heavy (non-hydrogen) atoms. The van der Waals surface area contributed by atoms with E-state index < -0.39 is 6.72 Å². The molecule has 0 rings (SSSR count). The van der Waals surface area contributed by atoms with Crippen LogP contribution in [0.2, 0.25) is 0 Å². The van der Waals surface area contributed by atoms with Crippen LogP contribution in [0.3, 0.4) is 0 Å². The smallest absolute Gasteiger partial charge is 0.0665 e. The van der Waals surface area contributed by atoms with Gasteiger partial charge in [-0.25, -0.2) is 0 Å². The van der Waals surface area contributed by atoms with Crippen molar-refractivity contribution in [1.82, 2.24) is 0 Å². The topological polar surface area (TPSA) is 55.3 Å². The lowest BCUT2D eigenvalue weighted by Crippen LogP contribution is -2.15. The highest BCUT2D eigenvalue weighted by molar-refractivity contribution is 8.05. The molecule has 0 aromatic carbocycles. The molecule has 0 saturated carbocycles. The van der Waals surface area contributed by atoms with Crippen molar-refractivity contribution in [3.05, 3.63) is 12.7 Å². The molecule has 0 aliphatic rings. The summed E-state index contributed by atoms with van der Waals surface area (Å²) in [5, 5.41) is 0. The number of hydrogen-bond acceptors (Lipinski definition) is 4. The Morgan fingerprint density at radius 1 is 1.75 bits per heavy atom. The van der Waals surface area contributed by atoms with Gasteiger partial charge in [-0.1, -0.05) is 12.8 Å². The van der Waals surface area contributed by atoms with E-state index in [2.05, 4.69) is 22.9 Å². The summed E-state index contributed by atoms with van der Waals surface area (Å²) in [6.45, 7) is -0.725. The van der Waals surface area contributed by atoms with E-state index in [1.807, 2.05) is 0 Å². The first-order chi connectivity index (χ1) is 3.56. The molecule has 0 aliphatic heterocycles. The summed E-state index contributed by atoms with van der Waals surface area (Å²) in [6.07, 6.45) is 1.32. The van der Waals surface area contributed by atoms with Crippen molar-refractivity contribution < 1.29 is 14.3 Å². The van der Waals surface area contributed by atoms with Crippen LogP contribution in [0, 0.1) is 0 Å². The summed E-state index contributed by atoms with van der Waals surface area (Å²) < 4.78 is 4.08. The average Bonchev–Trinajstić information content (AvgIpc) is 1.59. The van der Waals surface area contributed by atoms with Gasteiger partial charge < -0.3 is 14.3 Å². The Morgan fingerprint density at radius 3 is 2.38 bits per heavy atom. The third-order valence-corrected chi connectivity index (χ3v) is 1.13. The molecule has 0 aromatic rings. The SMILES string of the molecule is C=CCOP([O-])([O-])=S. The molecule has 48 valence electrons. The second kappa shape index (κ2) is 3.33. The van der Waals surface area contributed by atoms with Crippen molar-refractivity contribution in [3.63, 3.8) is 0 Å². The van der Waals surface area contributed by atoms with Gasteiger partial charge in [-0.05, 0) is 0 Å². The molecule has 0 aromatic heterocycles. The van der Waals surface area contributed by atoms with Gasteiger partial charge in [-0.2, -0.15) is 0 Å². The standard InChI is InChI=1S/C3H7O3PS/c1-2-3-6-7(4,5)8/h2H,1,3H2,(H2,4,5,8)/p-2. The van der Waals surface area contributed by atoms with Gasteiger partial charge in [0.25, 0.3) is 0 Å². The van der Waals surface area contributed by atoms with E-state index in [0.717, 1.165) is 0 Å². The molecule has 5 heteroatoms. The van der Waals surface area contributed by atoms with E-state index in [9.17, 15) is 9.79 Å². The summed E-state index contributed by atoms with van der Waals surface area (Å²) >= 11 is 3.88. The van der Waals surface area contributed by atoms with Gasteiger partial charge in [0, 0.05) is 0 Å². The van der Waals surface area contributed by atoms with Crippen LogP contribution in [0.1, 0.15) is 0 Å². The maximum Gasteiger partial charge on any atom is 0.0665 e. The molecule has 3 nitrogen and oxygen atoms in total. The van der Waals surface area contributed by atoms with Crippen molar-refractivity contribution in [2.24, 2.45) is 0 Å². The van der Waals surface area contributed by atoms with Gasteiger partial charge in [-0.15, -0.1) is 18.4 Å². The van der Waals surface area contributed by atoms with Crippen molar-refractivity contribution in [1.29, 1.82) is 0 Å². The van der Waals surface area contributed by atoms with Crippen molar-refractivity contribution >= 4 is 18.5 Å². The van der Waals surface area contributed by atoms with E-state index in [-0.39, 0.29) is 6.61 Å². The minimum Gasteiger partial charge on any atom is -0.812 e. The van der Waals surface area contributed by atoms with Gasteiger partial charge in [-0.3, -0.25) is 0 Å². The summed E-state index contributed by atoms with van der Waals surface area (Å²) in [6, 6.07) is 0. The second-order valence-electron chi connectivity index (χ2n) is 1.03. The molecule has 0 N–H and O–H groups in total. The van der Waals surface area contributed by atoms with Gasteiger partial charge in [0.2, 0.25) is 0 Å². The molecule has 0 radical (unpaired) electrons. The maximum atomic E-state index is 9.96. The molecule has 0 aliphatic carbocycles. The molecule has 0 atom stereocenters. The summed E-state index contributed by atoms with van der Waals surface area (Å²) in [4.78, 5) is 19.9. The normalized spacial score (nSPS) is 11.2. The van der Waals surface area contributed by atoms with Crippen LogP contribution in [0.5, 0.6) is 0 Å². The monoisotopic (exact) mass is 152 g/mol. The molecule has 0 heterocycles. The number of rotatable bonds is 3. The Balaban J connectivity index is 3.40. The van der Waals surface area contributed by atoms with Crippen molar-refractivity contribution in [2.75, 3.05) is 6.61 Å². The zero-order valence-corrected chi connectivity index (χ0v) is 5.78. The zero-order valence-electron chi connectivity index (χ0n) is 4.07. The Bertz CT molecular complexity index is 118. The highest BCUT2D eigenvalue weighted by Crippen LogP contribution is 2.24. The maximum absolute atomic E-state index is 9.96. The van der Waals surface area contributed by atoms with Gasteiger partial charge >= 0.3 is 0 Å².